The van der Waals surface area contributed by atoms with Gasteiger partial charge in [-0.1, -0.05) is 12.1 Å². The van der Waals surface area contributed by atoms with Crippen molar-refractivity contribution >= 4 is 0 Å². The molecule has 2 aromatic rings. The molecule has 1 aromatic carbocycles. The van der Waals surface area contributed by atoms with Gasteiger partial charge in [-0.15, -0.1) is 0 Å². The third kappa shape index (κ3) is 3.41. The van der Waals surface area contributed by atoms with E-state index in [1.165, 1.54) is 12.1 Å². The minimum absolute atomic E-state index is 0.0934. The third-order valence-corrected chi connectivity index (χ3v) is 2.39. The SMILES string of the molecule is OCc1ccc(CNCc2cccc(F)c2)o1. The van der Waals surface area contributed by atoms with Crippen molar-refractivity contribution in [3.05, 3.63) is 59.3 Å². The average Bonchev–Trinajstić information content (AvgIpc) is 2.77. The van der Waals surface area contributed by atoms with E-state index in [2.05, 4.69) is 5.32 Å². The molecule has 0 aliphatic rings. The van der Waals surface area contributed by atoms with Crippen LogP contribution in [0.3, 0.4) is 0 Å². The van der Waals surface area contributed by atoms with Crippen molar-refractivity contribution in [3.8, 4) is 0 Å². The Balaban J connectivity index is 1.83. The van der Waals surface area contributed by atoms with Gasteiger partial charge in [-0.25, -0.2) is 4.39 Å². The molecular formula is C13H14FNO2. The topological polar surface area (TPSA) is 45.4 Å². The highest BCUT2D eigenvalue weighted by Gasteiger charge is 2.00. The van der Waals surface area contributed by atoms with E-state index in [1.54, 1.807) is 12.1 Å². The molecule has 0 aliphatic heterocycles. The van der Waals surface area contributed by atoms with Crippen molar-refractivity contribution in [1.82, 2.24) is 5.32 Å². The summed E-state index contributed by atoms with van der Waals surface area (Å²) in [5.74, 6) is 1.07. The fourth-order valence-electron chi connectivity index (χ4n) is 1.58. The standard InChI is InChI=1S/C13H14FNO2/c14-11-3-1-2-10(6-11)7-15-8-12-4-5-13(9-16)17-12/h1-6,15-16H,7-9H2. The Labute approximate surface area is 98.9 Å². The van der Waals surface area contributed by atoms with E-state index in [0.717, 1.165) is 11.3 Å². The van der Waals surface area contributed by atoms with Crippen LogP contribution in [-0.2, 0) is 19.7 Å². The summed E-state index contributed by atoms with van der Waals surface area (Å²) in [6.07, 6.45) is 0. The van der Waals surface area contributed by atoms with E-state index in [-0.39, 0.29) is 12.4 Å². The highest BCUT2D eigenvalue weighted by Crippen LogP contribution is 2.08. The van der Waals surface area contributed by atoms with Crippen LogP contribution in [0.5, 0.6) is 0 Å². The van der Waals surface area contributed by atoms with Crippen molar-refractivity contribution in [2.24, 2.45) is 0 Å². The van der Waals surface area contributed by atoms with E-state index in [1.807, 2.05) is 12.1 Å². The molecule has 4 heteroatoms. The van der Waals surface area contributed by atoms with Gasteiger partial charge in [0.1, 0.15) is 23.9 Å². The number of hydrogen-bond donors (Lipinski definition) is 2. The molecule has 2 N–H and O–H groups in total. The second-order valence-electron chi connectivity index (χ2n) is 3.76. The second kappa shape index (κ2) is 5.61. The predicted octanol–water partition coefficient (Wildman–Crippen LogP) is 2.20. The number of hydrogen-bond acceptors (Lipinski definition) is 3. The first-order valence-electron chi connectivity index (χ1n) is 5.41. The Bertz CT molecular complexity index is 482. The molecule has 90 valence electrons. The van der Waals surface area contributed by atoms with Crippen LogP contribution in [0.2, 0.25) is 0 Å². The molecular weight excluding hydrogens is 221 g/mol. The highest BCUT2D eigenvalue weighted by atomic mass is 19.1. The van der Waals surface area contributed by atoms with Crippen molar-refractivity contribution in [2.45, 2.75) is 19.7 Å². The zero-order valence-corrected chi connectivity index (χ0v) is 9.32. The molecule has 0 atom stereocenters. The molecule has 3 nitrogen and oxygen atoms in total. The van der Waals surface area contributed by atoms with E-state index in [0.29, 0.717) is 18.8 Å². The fourth-order valence-corrected chi connectivity index (χ4v) is 1.58. The predicted molar refractivity (Wildman–Crippen MR) is 61.6 cm³/mol. The van der Waals surface area contributed by atoms with Crippen LogP contribution in [0.25, 0.3) is 0 Å². The van der Waals surface area contributed by atoms with Crippen LogP contribution in [0.4, 0.5) is 4.39 Å². The largest absolute Gasteiger partial charge is 0.462 e. The lowest BCUT2D eigenvalue weighted by molar-refractivity contribution is 0.242. The summed E-state index contributed by atoms with van der Waals surface area (Å²) < 4.78 is 18.2. The van der Waals surface area contributed by atoms with Crippen molar-refractivity contribution in [1.29, 1.82) is 0 Å². The van der Waals surface area contributed by atoms with Crippen LogP contribution in [0.1, 0.15) is 17.1 Å². The van der Waals surface area contributed by atoms with Crippen LogP contribution < -0.4 is 5.32 Å². The molecule has 0 fully saturated rings. The smallest absolute Gasteiger partial charge is 0.129 e. The molecule has 0 spiro atoms. The van der Waals surface area contributed by atoms with Gasteiger partial charge < -0.3 is 14.8 Å². The summed E-state index contributed by atoms with van der Waals surface area (Å²) in [5, 5.41) is 12.0. The quantitative estimate of drug-likeness (QED) is 0.835. The molecule has 0 bridgehead atoms. The summed E-state index contributed by atoms with van der Waals surface area (Å²) >= 11 is 0. The van der Waals surface area contributed by atoms with E-state index in [9.17, 15) is 4.39 Å². The normalized spacial score (nSPS) is 10.7. The van der Waals surface area contributed by atoms with Crippen molar-refractivity contribution in [3.63, 3.8) is 0 Å². The maximum atomic E-state index is 12.9. The van der Waals surface area contributed by atoms with Gasteiger partial charge in [0.25, 0.3) is 0 Å². The van der Waals surface area contributed by atoms with Gasteiger partial charge in [0.2, 0.25) is 0 Å². The number of rotatable bonds is 5. The summed E-state index contributed by atoms with van der Waals surface area (Å²) in [5.41, 5.74) is 0.888. The molecule has 2 rings (SSSR count). The zero-order chi connectivity index (χ0) is 12.1. The minimum Gasteiger partial charge on any atom is -0.462 e. The van der Waals surface area contributed by atoms with Crippen molar-refractivity contribution < 1.29 is 13.9 Å². The molecule has 0 saturated carbocycles. The first-order valence-corrected chi connectivity index (χ1v) is 5.41. The summed E-state index contributed by atoms with van der Waals surface area (Å²) in [7, 11) is 0. The number of aliphatic hydroxyl groups excluding tert-OH is 1. The van der Waals surface area contributed by atoms with Gasteiger partial charge in [0.05, 0.1) is 6.54 Å². The lowest BCUT2D eigenvalue weighted by atomic mass is 10.2. The Kier molecular flexibility index (Phi) is 3.90. The van der Waals surface area contributed by atoms with Crippen LogP contribution in [0, 0.1) is 5.82 Å². The molecule has 17 heavy (non-hydrogen) atoms. The maximum absolute atomic E-state index is 12.9. The lowest BCUT2D eigenvalue weighted by Gasteiger charge is -2.03. The van der Waals surface area contributed by atoms with E-state index < -0.39 is 0 Å². The first-order chi connectivity index (χ1) is 8.28. The van der Waals surface area contributed by atoms with Gasteiger partial charge in [-0.05, 0) is 29.8 Å². The Morgan fingerprint density at radius 3 is 2.65 bits per heavy atom. The second-order valence-corrected chi connectivity index (χ2v) is 3.76. The van der Waals surface area contributed by atoms with Gasteiger partial charge in [-0.3, -0.25) is 0 Å². The Hall–Kier alpha value is -1.65. The molecule has 0 unspecified atom stereocenters. The fraction of sp³-hybridized carbons (Fsp3) is 0.231. The zero-order valence-electron chi connectivity index (χ0n) is 9.32. The van der Waals surface area contributed by atoms with Gasteiger partial charge in [0, 0.05) is 6.54 Å². The van der Waals surface area contributed by atoms with Crippen LogP contribution in [-0.4, -0.2) is 5.11 Å². The van der Waals surface area contributed by atoms with Gasteiger partial charge >= 0.3 is 0 Å². The molecule has 1 aromatic heterocycles. The highest BCUT2D eigenvalue weighted by molar-refractivity contribution is 5.16. The number of benzene rings is 1. The number of furan rings is 1. The molecule has 1 heterocycles. The number of aliphatic hydroxyl groups is 1. The summed E-state index contributed by atoms with van der Waals surface area (Å²) in [6, 6.07) is 10.0. The summed E-state index contributed by atoms with van der Waals surface area (Å²) in [6.45, 7) is 1.04. The monoisotopic (exact) mass is 235 g/mol. The average molecular weight is 235 g/mol. The molecule has 0 radical (unpaired) electrons. The van der Waals surface area contributed by atoms with Crippen LogP contribution in [0.15, 0.2) is 40.8 Å². The maximum Gasteiger partial charge on any atom is 0.129 e. The summed E-state index contributed by atoms with van der Waals surface area (Å²) in [4.78, 5) is 0. The van der Waals surface area contributed by atoms with Gasteiger partial charge in [-0.2, -0.15) is 0 Å². The number of halogens is 1. The minimum atomic E-state index is -0.232. The first kappa shape index (κ1) is 11.8. The molecule has 0 aliphatic carbocycles. The van der Waals surface area contributed by atoms with Crippen molar-refractivity contribution in [2.75, 3.05) is 0 Å². The molecule has 0 amide bonds. The Morgan fingerprint density at radius 1 is 1.12 bits per heavy atom. The van der Waals surface area contributed by atoms with E-state index in [4.69, 9.17) is 9.52 Å². The lowest BCUT2D eigenvalue weighted by Crippen LogP contribution is -2.12. The molecule has 0 saturated heterocycles. The number of nitrogens with one attached hydrogen (secondary N) is 1. The van der Waals surface area contributed by atoms with Crippen LogP contribution >= 0.6 is 0 Å². The van der Waals surface area contributed by atoms with E-state index >= 15 is 0 Å². The Morgan fingerprint density at radius 2 is 1.94 bits per heavy atom. The van der Waals surface area contributed by atoms with Gasteiger partial charge in [0.15, 0.2) is 0 Å². The third-order valence-electron chi connectivity index (χ3n) is 2.39.